The first kappa shape index (κ1) is 20.0. The fourth-order valence-electron chi connectivity index (χ4n) is 4.50. The first-order chi connectivity index (χ1) is 16.1. The van der Waals surface area contributed by atoms with E-state index in [2.05, 4.69) is 31.3 Å². The molecule has 4 aromatic rings. The fraction of sp³-hybridized carbons (Fsp3) is 0.120. The van der Waals surface area contributed by atoms with Crippen molar-refractivity contribution in [2.24, 2.45) is 0 Å². The van der Waals surface area contributed by atoms with E-state index in [1.165, 1.54) is 18.5 Å². The molecule has 164 valence electrons. The molecule has 0 spiro atoms. The molecule has 0 saturated heterocycles. The first-order valence-corrected chi connectivity index (χ1v) is 11.2. The second-order valence-corrected chi connectivity index (χ2v) is 8.68. The normalized spacial score (nSPS) is 18.5. The van der Waals surface area contributed by atoms with Gasteiger partial charge in [0.05, 0.1) is 17.3 Å². The third kappa shape index (κ3) is 3.21. The zero-order chi connectivity index (χ0) is 22.5. The number of methoxy groups -OCH3 is 1. The average Bonchev–Trinajstić information content (AvgIpc) is 3.31. The molecule has 2 atom stereocenters. The highest BCUT2D eigenvalue weighted by molar-refractivity contribution is 9.10. The molecular weight excluding hydrogens is 487 g/mol. The van der Waals surface area contributed by atoms with Crippen LogP contribution in [0.1, 0.15) is 28.8 Å². The molecule has 0 fully saturated rings. The largest absolute Gasteiger partial charge is 0.496 e. The van der Waals surface area contributed by atoms with Gasteiger partial charge >= 0.3 is 0 Å². The molecule has 6 nitrogen and oxygen atoms in total. The van der Waals surface area contributed by atoms with Crippen LogP contribution in [-0.2, 0) is 0 Å². The summed E-state index contributed by atoms with van der Waals surface area (Å²) in [7, 11) is 1.63. The lowest BCUT2D eigenvalue weighted by Gasteiger charge is -2.39. The predicted molar refractivity (Wildman–Crippen MR) is 126 cm³/mol. The maximum atomic E-state index is 13.8. The summed E-state index contributed by atoms with van der Waals surface area (Å²) in [6.07, 6.45) is 1.10. The Kier molecular flexibility index (Phi) is 4.69. The number of hydrogen-bond acceptors (Lipinski definition) is 5. The molecule has 0 saturated carbocycles. The molecule has 0 aliphatic carbocycles. The van der Waals surface area contributed by atoms with E-state index in [0.717, 1.165) is 43.9 Å². The van der Waals surface area contributed by atoms with Gasteiger partial charge in [-0.3, -0.25) is 0 Å². The minimum absolute atomic E-state index is 0.290. The summed E-state index contributed by atoms with van der Waals surface area (Å²) >= 11 is 3.60. The maximum absolute atomic E-state index is 13.8. The van der Waals surface area contributed by atoms with E-state index in [1.807, 2.05) is 47.1 Å². The summed E-state index contributed by atoms with van der Waals surface area (Å²) in [6.45, 7) is 0. The van der Waals surface area contributed by atoms with Crippen molar-refractivity contribution in [3.05, 3.63) is 106 Å². The molecule has 0 radical (unpaired) electrons. The van der Waals surface area contributed by atoms with Gasteiger partial charge in [-0.1, -0.05) is 30.3 Å². The second kappa shape index (κ2) is 7.74. The molecule has 33 heavy (non-hydrogen) atoms. The van der Waals surface area contributed by atoms with Crippen molar-refractivity contribution in [2.45, 2.75) is 12.1 Å². The Morgan fingerprint density at radius 2 is 1.85 bits per heavy atom. The quantitative estimate of drug-likeness (QED) is 0.385. The van der Waals surface area contributed by atoms with E-state index in [1.54, 1.807) is 19.2 Å². The molecule has 6 rings (SSSR count). The topological polar surface area (TPSA) is 61.2 Å². The standard InChI is InChI=1S/C25H18BrFN4O2/c1-32-20-11-8-15(12-18(20)26)24-21-22(17-4-2-3-5-19(17)33-24)30-25-28-13-29-31(25)23(21)14-6-9-16(27)10-7-14/h2-13,23-24H,1H3,(H,28,29,30)/t23-,24-/m0/s1. The summed E-state index contributed by atoms with van der Waals surface area (Å²) in [5.74, 6) is 1.84. The van der Waals surface area contributed by atoms with E-state index < -0.39 is 6.10 Å². The highest BCUT2D eigenvalue weighted by atomic mass is 79.9. The third-order valence-electron chi connectivity index (χ3n) is 5.99. The minimum Gasteiger partial charge on any atom is -0.496 e. The summed E-state index contributed by atoms with van der Waals surface area (Å²) < 4.78 is 28.4. The Hall–Kier alpha value is -3.65. The van der Waals surface area contributed by atoms with Crippen LogP contribution in [0.3, 0.4) is 0 Å². The molecular formula is C25H18BrFN4O2. The highest BCUT2D eigenvalue weighted by Crippen LogP contribution is 2.51. The lowest BCUT2D eigenvalue weighted by Crippen LogP contribution is -2.32. The number of hydrogen-bond donors (Lipinski definition) is 1. The second-order valence-electron chi connectivity index (χ2n) is 7.83. The van der Waals surface area contributed by atoms with Gasteiger partial charge in [-0.2, -0.15) is 10.1 Å². The number of nitrogens with zero attached hydrogens (tertiary/aromatic N) is 3. The predicted octanol–water partition coefficient (Wildman–Crippen LogP) is 5.75. The van der Waals surface area contributed by atoms with Crippen LogP contribution in [-0.4, -0.2) is 21.9 Å². The number of ether oxygens (including phenoxy) is 2. The van der Waals surface area contributed by atoms with E-state index in [0.29, 0.717) is 5.95 Å². The van der Waals surface area contributed by atoms with Crippen molar-refractivity contribution < 1.29 is 13.9 Å². The fourth-order valence-corrected chi connectivity index (χ4v) is 5.06. The van der Waals surface area contributed by atoms with Gasteiger partial charge < -0.3 is 14.8 Å². The minimum atomic E-state index is -0.419. The molecule has 2 aliphatic rings. The van der Waals surface area contributed by atoms with Crippen LogP contribution in [0, 0.1) is 5.82 Å². The van der Waals surface area contributed by atoms with Gasteiger partial charge in [0.25, 0.3) is 0 Å². The number of halogens is 2. The Labute approximate surface area is 197 Å². The van der Waals surface area contributed by atoms with E-state index in [9.17, 15) is 4.39 Å². The van der Waals surface area contributed by atoms with Gasteiger partial charge in [-0.15, -0.1) is 0 Å². The molecule has 0 unspecified atom stereocenters. The lowest BCUT2D eigenvalue weighted by molar-refractivity contribution is 0.223. The Morgan fingerprint density at radius 1 is 1.06 bits per heavy atom. The Morgan fingerprint density at radius 3 is 2.64 bits per heavy atom. The summed E-state index contributed by atoms with van der Waals surface area (Å²) in [6, 6.07) is 20.0. The summed E-state index contributed by atoms with van der Waals surface area (Å²) in [4.78, 5) is 4.42. The molecule has 3 heterocycles. The van der Waals surface area contributed by atoms with E-state index in [4.69, 9.17) is 9.47 Å². The van der Waals surface area contributed by atoms with Crippen LogP contribution in [0.25, 0.3) is 5.70 Å². The molecule has 1 N–H and O–H groups in total. The molecule has 8 heteroatoms. The van der Waals surface area contributed by atoms with E-state index in [-0.39, 0.29) is 11.9 Å². The van der Waals surface area contributed by atoms with Crippen LogP contribution in [0.5, 0.6) is 11.5 Å². The Bertz CT molecular complexity index is 1400. The zero-order valence-corrected chi connectivity index (χ0v) is 19.1. The number of para-hydroxylation sites is 1. The third-order valence-corrected chi connectivity index (χ3v) is 6.61. The van der Waals surface area contributed by atoms with Gasteiger partial charge in [-0.25, -0.2) is 9.07 Å². The molecule has 3 aromatic carbocycles. The maximum Gasteiger partial charge on any atom is 0.226 e. The van der Waals surface area contributed by atoms with Gasteiger partial charge in [-0.05, 0) is 63.5 Å². The van der Waals surface area contributed by atoms with Crippen molar-refractivity contribution in [3.8, 4) is 11.5 Å². The van der Waals surface area contributed by atoms with Gasteiger partial charge in [0.2, 0.25) is 5.95 Å². The number of anilines is 1. The van der Waals surface area contributed by atoms with Crippen LogP contribution in [0.4, 0.5) is 10.3 Å². The lowest BCUT2D eigenvalue weighted by atomic mass is 9.84. The van der Waals surface area contributed by atoms with Crippen molar-refractivity contribution in [1.29, 1.82) is 0 Å². The molecule has 0 amide bonds. The number of nitrogens with one attached hydrogen (secondary N) is 1. The van der Waals surface area contributed by atoms with Crippen LogP contribution < -0.4 is 14.8 Å². The Balaban J connectivity index is 1.61. The number of benzene rings is 3. The first-order valence-electron chi connectivity index (χ1n) is 10.4. The van der Waals surface area contributed by atoms with Gasteiger partial charge in [0.15, 0.2) is 0 Å². The zero-order valence-electron chi connectivity index (χ0n) is 17.5. The van der Waals surface area contributed by atoms with Gasteiger partial charge in [0.1, 0.15) is 35.8 Å². The van der Waals surface area contributed by atoms with Gasteiger partial charge in [0, 0.05) is 11.1 Å². The van der Waals surface area contributed by atoms with Crippen LogP contribution in [0.2, 0.25) is 0 Å². The smallest absolute Gasteiger partial charge is 0.226 e. The summed E-state index contributed by atoms with van der Waals surface area (Å²) in [5, 5.41) is 7.95. The average molecular weight is 505 g/mol. The monoisotopic (exact) mass is 504 g/mol. The highest BCUT2D eigenvalue weighted by Gasteiger charge is 2.41. The number of aromatic nitrogens is 3. The molecule has 1 aromatic heterocycles. The van der Waals surface area contributed by atoms with Crippen molar-refractivity contribution in [3.63, 3.8) is 0 Å². The SMILES string of the molecule is COc1ccc([C@@H]2Oc3ccccc3C3=C2[C@H](c2ccc(F)cc2)n2ncnc2N3)cc1Br. The van der Waals surface area contributed by atoms with E-state index >= 15 is 0 Å². The molecule has 2 aliphatic heterocycles. The number of fused-ring (bicyclic) bond motifs is 3. The molecule has 0 bridgehead atoms. The van der Waals surface area contributed by atoms with Crippen molar-refractivity contribution >= 4 is 27.6 Å². The van der Waals surface area contributed by atoms with Crippen molar-refractivity contribution in [1.82, 2.24) is 14.8 Å². The summed E-state index contributed by atoms with van der Waals surface area (Å²) in [5.41, 5.74) is 4.66. The van der Waals surface area contributed by atoms with Crippen LogP contribution >= 0.6 is 15.9 Å². The van der Waals surface area contributed by atoms with Crippen molar-refractivity contribution in [2.75, 3.05) is 12.4 Å². The van der Waals surface area contributed by atoms with Crippen LogP contribution in [0.15, 0.2) is 83.1 Å². The number of rotatable bonds is 3.